The molecule has 0 saturated heterocycles. The van der Waals surface area contributed by atoms with Crippen molar-refractivity contribution in [3.05, 3.63) is 518 Å². The molecule has 21 aromatic carbocycles. The Morgan fingerprint density at radius 2 is 0.523 bits per heavy atom. The summed E-state index contributed by atoms with van der Waals surface area (Å²) in [6.07, 6.45) is 0. The van der Waals surface area contributed by atoms with E-state index >= 15 is 0 Å². The molecular weight excluding hydrogens is 1550 g/mol. The second-order valence-electron chi connectivity index (χ2n) is 34.2. The molecule has 3 aliphatic rings. The molecule has 1 atom stereocenters. The van der Waals surface area contributed by atoms with Gasteiger partial charge < -0.3 is 18.6 Å². The van der Waals surface area contributed by atoms with Crippen molar-refractivity contribution in [1.29, 1.82) is 0 Å². The Labute approximate surface area is 741 Å². The lowest BCUT2D eigenvalue weighted by Gasteiger charge is -2.35. The van der Waals surface area contributed by atoms with E-state index in [1.165, 1.54) is 116 Å². The average molecular weight is 1630 g/mol. The quantitative estimate of drug-likeness (QED) is 0.109. The SMILES string of the molecule is c1ccc(C2(c3ccccc3)c3ccccc3-c3c(N(c4ccc(-c5cccc6ccccc56)cc4)c4cc(-c5ccc6c(c5)-c5ccccc5C65c6ccccc6-c6c(-c7ccc(N(c8ccc(-c9cccc%10ccccc9%10)cc8)c8ccccc8-c8cccc9oc%10ccccc%10c89)cc7)cccc65)ccc4-c4cccc5oc6ccccc6c45)cccc32)cc1. The molecule has 0 amide bonds. The van der Waals surface area contributed by atoms with Gasteiger partial charge in [-0.2, -0.15) is 0 Å². The molecule has 4 heteroatoms. The first-order valence-corrected chi connectivity index (χ1v) is 44.3. The summed E-state index contributed by atoms with van der Waals surface area (Å²) < 4.78 is 13.4. The van der Waals surface area contributed by atoms with Gasteiger partial charge in [-0.05, 0) is 234 Å². The first kappa shape index (κ1) is 72.9. The third-order valence-electron chi connectivity index (χ3n) is 27.8. The number of fused-ring (bicyclic) bond motifs is 21. The van der Waals surface area contributed by atoms with Gasteiger partial charge in [-0.3, -0.25) is 0 Å². The number of hydrogen-bond acceptors (Lipinski definition) is 4. The molecule has 1 spiro atoms. The summed E-state index contributed by atoms with van der Waals surface area (Å²) in [4.78, 5) is 5.01. The summed E-state index contributed by atoms with van der Waals surface area (Å²) in [5.74, 6) is 0. The van der Waals surface area contributed by atoms with Gasteiger partial charge in [-0.1, -0.05) is 388 Å². The van der Waals surface area contributed by atoms with Gasteiger partial charge in [-0.15, -0.1) is 0 Å². The molecule has 23 aromatic rings. The molecule has 0 saturated carbocycles. The zero-order valence-electron chi connectivity index (χ0n) is 69.7. The van der Waals surface area contributed by atoms with Gasteiger partial charge in [0, 0.05) is 55.3 Å². The fourth-order valence-electron chi connectivity index (χ4n) is 22.5. The number of furan rings is 2. The lowest BCUT2D eigenvalue weighted by atomic mass is 9.68. The van der Waals surface area contributed by atoms with Crippen molar-refractivity contribution in [2.24, 2.45) is 0 Å². The molecule has 1 unspecified atom stereocenters. The molecule has 2 aromatic heterocycles. The Balaban J connectivity index is 0.645. The average Bonchev–Trinajstić information content (AvgIpc) is 1.51. The predicted octanol–water partition coefficient (Wildman–Crippen LogP) is 33.4. The topological polar surface area (TPSA) is 32.8 Å². The monoisotopic (exact) mass is 1630 g/mol. The lowest BCUT2D eigenvalue weighted by Crippen LogP contribution is -2.28. The number of benzene rings is 21. The highest BCUT2D eigenvalue weighted by Gasteiger charge is 2.53. The fraction of sp³-hybridized carbons (Fsp3) is 0.0161. The predicted molar refractivity (Wildman–Crippen MR) is 532 cm³/mol. The van der Waals surface area contributed by atoms with Crippen molar-refractivity contribution in [1.82, 2.24) is 0 Å². The molecule has 0 fully saturated rings. The standard InChI is InChI=1S/C124H78N2O2/c1-3-33-86(34-4-1)123(87-35-5-2-6-36-87)107-51-18-13-42-102(107)122-111(123)54-28-56-113(122)126(90-73-63-82(64-74-90)94-46-24-32-80-30-8-10-38-92(80)94)114-78-85(67-75-98(114)100-49-27-60-118-121(100)104-44-16-22-58-116(104)128-118)84-68-76-109-105(77-84)96-39-11-17-50-106(96)124(109)108-52-19-12-41-101(108)119-95(47-25-53-110(119)124)83-65-71-89(72-66-83)125(88-69-61-81(62-70-88)93-45-23-31-79-29-7-9-37-91(79)93)112-55-20-14-40-97(112)99-48-26-59-117-120(99)103-43-15-21-57-115(103)127-117/h1-78H. The van der Waals surface area contributed by atoms with Crippen LogP contribution in [0.3, 0.4) is 0 Å². The van der Waals surface area contributed by atoms with E-state index in [0.29, 0.717) is 0 Å². The van der Waals surface area contributed by atoms with E-state index in [1.807, 2.05) is 6.07 Å². The van der Waals surface area contributed by atoms with E-state index in [9.17, 15) is 0 Å². The van der Waals surface area contributed by atoms with Crippen LogP contribution in [-0.2, 0) is 10.8 Å². The maximum absolute atomic E-state index is 6.83. The highest BCUT2D eigenvalue weighted by atomic mass is 16.3. The zero-order chi connectivity index (χ0) is 84.1. The Hall–Kier alpha value is -16.7. The minimum absolute atomic E-state index is 0.650. The first-order chi connectivity index (χ1) is 63.5. The summed E-state index contributed by atoms with van der Waals surface area (Å²) in [6, 6.07) is 176. The van der Waals surface area contributed by atoms with Crippen LogP contribution in [-0.4, -0.2) is 0 Å². The van der Waals surface area contributed by atoms with E-state index < -0.39 is 10.8 Å². The molecule has 2 heterocycles. The van der Waals surface area contributed by atoms with Crippen LogP contribution in [0, 0.1) is 0 Å². The van der Waals surface area contributed by atoms with Crippen molar-refractivity contribution in [3.8, 4) is 100 Å². The van der Waals surface area contributed by atoms with Crippen molar-refractivity contribution in [2.75, 3.05) is 9.80 Å². The maximum atomic E-state index is 6.83. The molecular formula is C124H78N2O2. The minimum Gasteiger partial charge on any atom is -0.456 e. The number of hydrogen-bond donors (Lipinski definition) is 0. The van der Waals surface area contributed by atoms with Gasteiger partial charge in [0.05, 0.1) is 27.9 Å². The molecule has 0 aliphatic heterocycles. The van der Waals surface area contributed by atoms with E-state index in [2.05, 4.69) is 477 Å². The third-order valence-corrected chi connectivity index (χ3v) is 27.8. The molecule has 128 heavy (non-hydrogen) atoms. The summed E-state index contributed by atoms with van der Waals surface area (Å²) in [5.41, 5.74) is 39.3. The van der Waals surface area contributed by atoms with Crippen LogP contribution in [0.5, 0.6) is 0 Å². The van der Waals surface area contributed by atoms with Crippen LogP contribution >= 0.6 is 0 Å². The maximum Gasteiger partial charge on any atom is 0.136 e. The van der Waals surface area contributed by atoms with Crippen molar-refractivity contribution < 1.29 is 8.83 Å². The number of nitrogens with zero attached hydrogens (tertiary/aromatic N) is 2. The lowest BCUT2D eigenvalue weighted by molar-refractivity contribution is 0.668. The third kappa shape index (κ3) is 10.9. The van der Waals surface area contributed by atoms with Gasteiger partial charge in [0.1, 0.15) is 22.3 Å². The number of rotatable bonds is 14. The van der Waals surface area contributed by atoms with Crippen molar-refractivity contribution in [2.45, 2.75) is 10.8 Å². The van der Waals surface area contributed by atoms with Gasteiger partial charge in [-0.25, -0.2) is 0 Å². The molecule has 0 radical (unpaired) electrons. The summed E-state index contributed by atoms with van der Waals surface area (Å²) in [7, 11) is 0. The van der Waals surface area contributed by atoms with Crippen LogP contribution in [0.25, 0.3) is 166 Å². The number of para-hydroxylation sites is 3. The van der Waals surface area contributed by atoms with Gasteiger partial charge in [0.2, 0.25) is 0 Å². The van der Waals surface area contributed by atoms with Crippen LogP contribution in [0.15, 0.2) is 482 Å². The van der Waals surface area contributed by atoms with Gasteiger partial charge in [0.15, 0.2) is 0 Å². The number of anilines is 6. The molecule has 596 valence electrons. The highest BCUT2D eigenvalue weighted by molar-refractivity contribution is 6.17. The summed E-state index contributed by atoms with van der Waals surface area (Å²) in [6.45, 7) is 0. The summed E-state index contributed by atoms with van der Waals surface area (Å²) >= 11 is 0. The van der Waals surface area contributed by atoms with Crippen LogP contribution < -0.4 is 9.80 Å². The minimum atomic E-state index is -0.659. The van der Waals surface area contributed by atoms with Gasteiger partial charge >= 0.3 is 0 Å². The van der Waals surface area contributed by atoms with Crippen LogP contribution in [0.4, 0.5) is 34.1 Å². The molecule has 26 rings (SSSR count). The van der Waals surface area contributed by atoms with Gasteiger partial charge in [0.25, 0.3) is 0 Å². The first-order valence-electron chi connectivity index (χ1n) is 44.3. The molecule has 0 bridgehead atoms. The Morgan fingerprint density at radius 1 is 0.172 bits per heavy atom. The van der Waals surface area contributed by atoms with E-state index in [0.717, 1.165) is 128 Å². The second kappa shape index (κ2) is 29.0. The van der Waals surface area contributed by atoms with E-state index in [-0.39, 0.29) is 0 Å². The van der Waals surface area contributed by atoms with Crippen molar-refractivity contribution in [3.63, 3.8) is 0 Å². The Bertz CT molecular complexity index is 8400. The zero-order valence-corrected chi connectivity index (χ0v) is 69.7. The molecule has 0 N–H and O–H groups in total. The Kier molecular flexibility index (Phi) is 16.5. The smallest absolute Gasteiger partial charge is 0.136 e. The molecule has 4 nitrogen and oxygen atoms in total. The van der Waals surface area contributed by atoms with Crippen LogP contribution in [0.2, 0.25) is 0 Å². The highest BCUT2D eigenvalue weighted by Crippen LogP contribution is 2.66. The normalized spacial score (nSPS) is 13.7. The van der Waals surface area contributed by atoms with E-state index in [4.69, 9.17) is 8.83 Å². The van der Waals surface area contributed by atoms with Crippen LogP contribution in [0.1, 0.15) is 44.5 Å². The fourth-order valence-corrected chi connectivity index (χ4v) is 22.5. The second-order valence-corrected chi connectivity index (χ2v) is 34.2. The molecule has 3 aliphatic carbocycles. The van der Waals surface area contributed by atoms with Crippen molar-refractivity contribution >= 4 is 99.5 Å². The Morgan fingerprint density at radius 3 is 1.11 bits per heavy atom. The summed E-state index contributed by atoms with van der Waals surface area (Å²) in [5, 5.41) is 9.21. The largest absolute Gasteiger partial charge is 0.456 e. The van der Waals surface area contributed by atoms with E-state index in [1.54, 1.807) is 0 Å².